The molecule has 2 aromatic heterocycles. The van der Waals surface area contributed by atoms with Gasteiger partial charge in [0, 0.05) is 23.7 Å². The molecule has 3 aromatic carbocycles. The van der Waals surface area contributed by atoms with Crippen molar-refractivity contribution in [3.8, 4) is 0 Å². The predicted octanol–water partition coefficient (Wildman–Crippen LogP) is 5.14. The van der Waals surface area contributed by atoms with Crippen molar-refractivity contribution >= 4 is 43.5 Å². The van der Waals surface area contributed by atoms with Crippen molar-refractivity contribution in [1.82, 2.24) is 14.5 Å². The molecule has 9 nitrogen and oxygen atoms in total. The second-order valence-electron chi connectivity index (χ2n) is 10.9. The lowest BCUT2D eigenvalue weighted by Crippen LogP contribution is -2.33. The van der Waals surface area contributed by atoms with Crippen LogP contribution in [0.25, 0.3) is 21.8 Å². The van der Waals surface area contributed by atoms with Crippen LogP contribution < -0.4 is 10.5 Å². The summed E-state index contributed by atoms with van der Waals surface area (Å²) in [6.07, 6.45) is 0.837. The highest BCUT2D eigenvalue weighted by atomic mass is 32.2. The van der Waals surface area contributed by atoms with Gasteiger partial charge in [0.15, 0.2) is 0 Å². The van der Waals surface area contributed by atoms with Gasteiger partial charge in [-0.1, -0.05) is 61.5 Å². The fraction of sp³-hybridized carbons (Fsp3) is 0.273. The van der Waals surface area contributed by atoms with Gasteiger partial charge < -0.3 is 19.9 Å². The minimum Gasteiger partial charge on any atom is -0.459 e. The Kier molecular flexibility index (Phi) is 9.10. The molecule has 0 fully saturated rings. The molecular formula is C33H37N5O4S. The molecule has 0 saturated heterocycles. The molecule has 2 heterocycles. The number of sulfonamides is 1. The highest BCUT2D eigenvalue weighted by Gasteiger charge is 2.22. The quantitative estimate of drug-likeness (QED) is 0.191. The van der Waals surface area contributed by atoms with Gasteiger partial charge in [0.1, 0.15) is 17.9 Å². The minimum absolute atomic E-state index is 0.0910. The fourth-order valence-electron chi connectivity index (χ4n) is 5.25. The predicted molar refractivity (Wildman–Crippen MR) is 171 cm³/mol. The van der Waals surface area contributed by atoms with Crippen LogP contribution in [-0.4, -0.2) is 55.6 Å². The number of nitrogens with zero attached hydrogens (tertiary/aromatic N) is 3. The minimum atomic E-state index is -3.69. The smallest absolute Gasteiger partial charge is 0.355 e. The van der Waals surface area contributed by atoms with E-state index in [0.29, 0.717) is 28.3 Å². The summed E-state index contributed by atoms with van der Waals surface area (Å²) >= 11 is 0. The standard InChI is InChI=1S/C33H37N5O4S/c1-4-29(37(2)3)21-42-33(39)31-18-25-14-15-27(19-34)35-32(25)38(31)20-26-17-28(16-24-12-8-9-13-30(24)26)36-43(40,41)22-23-10-6-5-7-11-23/h5-18,29,36H,4,19-22,34H2,1-3H3. The third kappa shape index (κ3) is 7.05. The van der Waals surface area contributed by atoms with E-state index in [1.807, 2.05) is 90.3 Å². The summed E-state index contributed by atoms with van der Waals surface area (Å²) < 4.78 is 36.6. The number of rotatable bonds is 12. The van der Waals surface area contributed by atoms with Gasteiger partial charge in [-0.15, -0.1) is 0 Å². The van der Waals surface area contributed by atoms with Gasteiger partial charge in [-0.05, 0) is 72.7 Å². The monoisotopic (exact) mass is 599 g/mol. The first-order valence-electron chi connectivity index (χ1n) is 14.3. The normalized spacial score (nSPS) is 12.6. The van der Waals surface area contributed by atoms with Crippen molar-refractivity contribution in [2.24, 2.45) is 5.73 Å². The number of aromatic nitrogens is 2. The highest BCUT2D eigenvalue weighted by Crippen LogP contribution is 2.29. The Hall–Kier alpha value is -4.25. The number of esters is 1. The molecule has 0 amide bonds. The summed E-state index contributed by atoms with van der Waals surface area (Å²) in [5.74, 6) is -0.595. The van der Waals surface area contributed by atoms with Crippen molar-refractivity contribution in [1.29, 1.82) is 0 Å². The number of anilines is 1. The van der Waals surface area contributed by atoms with E-state index in [-0.39, 0.29) is 31.5 Å². The Morgan fingerprint density at radius 1 is 1.00 bits per heavy atom. The van der Waals surface area contributed by atoms with E-state index in [2.05, 4.69) is 11.6 Å². The van der Waals surface area contributed by atoms with Crippen molar-refractivity contribution in [3.05, 3.63) is 107 Å². The van der Waals surface area contributed by atoms with Crippen LogP contribution in [0.3, 0.4) is 0 Å². The van der Waals surface area contributed by atoms with Crippen molar-refractivity contribution in [2.75, 3.05) is 25.4 Å². The number of benzene rings is 3. The molecule has 5 rings (SSSR count). The highest BCUT2D eigenvalue weighted by molar-refractivity contribution is 7.91. The molecule has 0 spiro atoms. The lowest BCUT2D eigenvalue weighted by molar-refractivity contribution is 0.0386. The third-order valence-electron chi connectivity index (χ3n) is 7.58. The molecule has 5 aromatic rings. The number of ether oxygens (including phenoxy) is 1. The maximum atomic E-state index is 13.5. The van der Waals surface area contributed by atoms with Crippen LogP contribution in [0, 0.1) is 0 Å². The lowest BCUT2D eigenvalue weighted by atomic mass is 10.0. The number of pyridine rings is 1. The van der Waals surface area contributed by atoms with Gasteiger partial charge in [-0.25, -0.2) is 18.2 Å². The first-order valence-corrected chi connectivity index (χ1v) is 15.9. The molecule has 43 heavy (non-hydrogen) atoms. The van der Waals surface area contributed by atoms with Crippen molar-refractivity contribution < 1.29 is 17.9 Å². The van der Waals surface area contributed by atoms with Crippen LogP contribution in [0.1, 0.15) is 40.7 Å². The molecule has 1 atom stereocenters. The third-order valence-corrected chi connectivity index (χ3v) is 8.84. The fourth-order valence-corrected chi connectivity index (χ4v) is 6.43. The van der Waals surface area contributed by atoms with Gasteiger partial charge in [0.25, 0.3) is 0 Å². The molecule has 224 valence electrons. The van der Waals surface area contributed by atoms with Crippen LogP contribution in [0.4, 0.5) is 5.69 Å². The van der Waals surface area contributed by atoms with E-state index in [9.17, 15) is 13.2 Å². The Labute approximate surface area is 252 Å². The van der Waals surface area contributed by atoms with Crippen LogP contribution in [0.15, 0.2) is 84.9 Å². The Balaban J connectivity index is 1.55. The number of fused-ring (bicyclic) bond motifs is 2. The van der Waals surface area contributed by atoms with E-state index in [1.54, 1.807) is 18.2 Å². The molecular weight excluding hydrogens is 562 g/mol. The zero-order valence-corrected chi connectivity index (χ0v) is 25.5. The van der Waals surface area contributed by atoms with E-state index in [1.165, 1.54) is 0 Å². The molecule has 10 heteroatoms. The Bertz CT molecular complexity index is 1850. The molecule has 0 aliphatic carbocycles. The van der Waals surface area contributed by atoms with Crippen LogP contribution in [0.5, 0.6) is 0 Å². The van der Waals surface area contributed by atoms with Gasteiger partial charge in [0.2, 0.25) is 10.0 Å². The van der Waals surface area contributed by atoms with E-state index >= 15 is 0 Å². The molecule has 0 aliphatic rings. The van der Waals surface area contributed by atoms with Gasteiger partial charge in [-0.3, -0.25) is 4.72 Å². The Morgan fingerprint density at radius 2 is 1.74 bits per heavy atom. The van der Waals surface area contributed by atoms with Gasteiger partial charge in [0.05, 0.1) is 18.0 Å². The van der Waals surface area contributed by atoms with Crippen molar-refractivity contribution in [2.45, 2.75) is 38.2 Å². The summed E-state index contributed by atoms with van der Waals surface area (Å²) in [6.45, 7) is 2.82. The zero-order valence-electron chi connectivity index (χ0n) is 24.7. The van der Waals surface area contributed by atoms with Crippen LogP contribution in [0.2, 0.25) is 0 Å². The van der Waals surface area contributed by atoms with Crippen LogP contribution >= 0.6 is 0 Å². The summed E-state index contributed by atoms with van der Waals surface area (Å²) in [5.41, 5.74) is 9.53. The zero-order chi connectivity index (χ0) is 30.6. The summed E-state index contributed by atoms with van der Waals surface area (Å²) in [5, 5.41) is 2.58. The first-order chi connectivity index (χ1) is 20.7. The number of nitrogens with two attached hydrogens (primary N) is 1. The molecule has 0 radical (unpaired) electrons. The van der Waals surface area contributed by atoms with Crippen molar-refractivity contribution in [3.63, 3.8) is 0 Å². The second-order valence-corrected chi connectivity index (χ2v) is 12.6. The molecule has 0 saturated carbocycles. The maximum absolute atomic E-state index is 13.5. The van der Waals surface area contributed by atoms with E-state index in [4.69, 9.17) is 15.5 Å². The average Bonchev–Trinajstić information content (AvgIpc) is 3.34. The number of hydrogen-bond acceptors (Lipinski definition) is 7. The first kappa shape index (κ1) is 30.2. The number of likely N-dealkylation sites (N-methyl/N-ethyl adjacent to an activating group) is 1. The molecule has 0 bridgehead atoms. The topological polar surface area (TPSA) is 120 Å². The molecule has 1 unspecified atom stereocenters. The summed E-state index contributed by atoms with van der Waals surface area (Å²) in [6, 6.07) is 26.1. The Morgan fingerprint density at radius 3 is 2.47 bits per heavy atom. The number of hydrogen-bond donors (Lipinski definition) is 2. The van der Waals surface area contributed by atoms with Crippen LogP contribution in [-0.2, 0) is 33.6 Å². The maximum Gasteiger partial charge on any atom is 0.355 e. The van der Waals surface area contributed by atoms with Gasteiger partial charge in [-0.2, -0.15) is 0 Å². The van der Waals surface area contributed by atoms with E-state index < -0.39 is 16.0 Å². The summed E-state index contributed by atoms with van der Waals surface area (Å²) in [4.78, 5) is 20.3. The SMILES string of the molecule is CCC(COC(=O)c1cc2ccc(CN)nc2n1Cc1cc(NS(=O)(=O)Cc2ccccc2)cc2ccccc12)N(C)C. The second kappa shape index (κ2) is 12.9. The van der Waals surface area contributed by atoms with Gasteiger partial charge >= 0.3 is 5.97 Å². The average molecular weight is 600 g/mol. The summed E-state index contributed by atoms with van der Waals surface area (Å²) in [7, 11) is 0.237. The number of carbonyl (C=O) groups excluding carboxylic acids is 1. The molecule has 3 N–H and O–H groups in total. The lowest BCUT2D eigenvalue weighted by Gasteiger charge is -2.22. The molecule has 0 aliphatic heterocycles. The number of nitrogens with one attached hydrogen (secondary N) is 1. The van der Waals surface area contributed by atoms with E-state index in [0.717, 1.165) is 28.1 Å². The number of carbonyl (C=O) groups is 1. The largest absolute Gasteiger partial charge is 0.459 e.